The molecule has 0 spiro atoms. The summed E-state index contributed by atoms with van der Waals surface area (Å²) >= 11 is 0. The van der Waals surface area contributed by atoms with Crippen molar-refractivity contribution in [3.63, 3.8) is 0 Å². The van der Waals surface area contributed by atoms with Crippen molar-refractivity contribution < 1.29 is 23.5 Å². The van der Waals surface area contributed by atoms with Gasteiger partial charge in [0.05, 0.1) is 13.4 Å². The highest BCUT2D eigenvalue weighted by Gasteiger charge is 2.18. The van der Waals surface area contributed by atoms with Crippen LogP contribution >= 0.6 is 0 Å². The van der Waals surface area contributed by atoms with Crippen LogP contribution in [0.1, 0.15) is 17.5 Å². The molecular formula is C11H14N2O5. The zero-order valence-corrected chi connectivity index (χ0v) is 10.1. The van der Waals surface area contributed by atoms with Crippen molar-refractivity contribution in [2.24, 2.45) is 0 Å². The number of rotatable bonds is 5. The Labute approximate surface area is 103 Å². The Hall–Kier alpha value is -2.31. The fourth-order valence-corrected chi connectivity index (χ4v) is 1.13. The second-order valence-electron chi connectivity index (χ2n) is 3.47. The SMILES string of the molecule is COC(=O)CNC(=O)C(C)NC(=O)c1ccco1. The van der Waals surface area contributed by atoms with Crippen molar-refractivity contribution in [2.45, 2.75) is 13.0 Å². The highest BCUT2D eigenvalue weighted by molar-refractivity contribution is 5.95. The van der Waals surface area contributed by atoms with E-state index in [4.69, 9.17) is 4.42 Å². The van der Waals surface area contributed by atoms with Crippen molar-refractivity contribution in [1.82, 2.24) is 10.6 Å². The summed E-state index contributed by atoms with van der Waals surface area (Å²) in [6, 6.07) is 2.26. The summed E-state index contributed by atoms with van der Waals surface area (Å²) in [5.74, 6) is -1.43. The molecule has 1 atom stereocenters. The first-order valence-electron chi connectivity index (χ1n) is 5.23. The maximum Gasteiger partial charge on any atom is 0.325 e. The maximum absolute atomic E-state index is 11.5. The maximum atomic E-state index is 11.5. The lowest BCUT2D eigenvalue weighted by atomic mass is 10.3. The van der Waals surface area contributed by atoms with Gasteiger partial charge in [0.1, 0.15) is 12.6 Å². The van der Waals surface area contributed by atoms with Gasteiger partial charge in [0.25, 0.3) is 5.91 Å². The lowest BCUT2D eigenvalue weighted by Crippen LogP contribution is -2.46. The van der Waals surface area contributed by atoms with Crippen molar-refractivity contribution in [2.75, 3.05) is 13.7 Å². The van der Waals surface area contributed by atoms with E-state index in [0.717, 1.165) is 0 Å². The van der Waals surface area contributed by atoms with Crippen LogP contribution in [0.15, 0.2) is 22.8 Å². The fraction of sp³-hybridized carbons (Fsp3) is 0.364. The van der Waals surface area contributed by atoms with Gasteiger partial charge < -0.3 is 19.8 Å². The molecule has 7 heteroatoms. The number of carbonyl (C=O) groups is 3. The van der Waals surface area contributed by atoms with E-state index in [-0.39, 0.29) is 12.3 Å². The average Bonchev–Trinajstić information content (AvgIpc) is 2.89. The molecule has 1 heterocycles. The number of ether oxygens (including phenoxy) is 1. The third-order valence-corrected chi connectivity index (χ3v) is 2.12. The molecule has 0 aliphatic rings. The molecule has 0 aliphatic heterocycles. The highest BCUT2D eigenvalue weighted by atomic mass is 16.5. The number of amides is 2. The summed E-state index contributed by atoms with van der Waals surface area (Å²) in [4.78, 5) is 33.9. The van der Waals surface area contributed by atoms with Crippen LogP contribution in [-0.4, -0.2) is 37.5 Å². The van der Waals surface area contributed by atoms with Crippen molar-refractivity contribution in [1.29, 1.82) is 0 Å². The third kappa shape index (κ3) is 3.93. The van der Waals surface area contributed by atoms with Crippen LogP contribution < -0.4 is 10.6 Å². The van der Waals surface area contributed by atoms with Gasteiger partial charge in [-0.3, -0.25) is 14.4 Å². The smallest absolute Gasteiger partial charge is 0.325 e. The van der Waals surface area contributed by atoms with Crippen LogP contribution in [0.4, 0.5) is 0 Å². The monoisotopic (exact) mass is 254 g/mol. The highest BCUT2D eigenvalue weighted by Crippen LogP contribution is 1.99. The Morgan fingerprint density at radius 3 is 2.72 bits per heavy atom. The topological polar surface area (TPSA) is 97.6 Å². The summed E-state index contributed by atoms with van der Waals surface area (Å²) in [5, 5.41) is 4.75. The first-order chi connectivity index (χ1) is 8.54. The molecule has 2 N–H and O–H groups in total. The molecule has 0 radical (unpaired) electrons. The number of esters is 1. The van der Waals surface area contributed by atoms with Gasteiger partial charge in [-0.15, -0.1) is 0 Å². The van der Waals surface area contributed by atoms with E-state index in [1.807, 2.05) is 0 Å². The largest absolute Gasteiger partial charge is 0.468 e. The van der Waals surface area contributed by atoms with E-state index in [0.29, 0.717) is 0 Å². The molecular weight excluding hydrogens is 240 g/mol. The van der Waals surface area contributed by atoms with E-state index < -0.39 is 23.8 Å². The first-order valence-corrected chi connectivity index (χ1v) is 5.23. The summed E-state index contributed by atoms with van der Waals surface area (Å²) < 4.78 is 9.24. The van der Waals surface area contributed by atoms with Crippen LogP contribution in [0.5, 0.6) is 0 Å². The second kappa shape index (κ2) is 6.43. The molecule has 18 heavy (non-hydrogen) atoms. The molecule has 0 aromatic carbocycles. The number of hydrogen-bond acceptors (Lipinski definition) is 5. The number of methoxy groups -OCH3 is 1. The summed E-state index contributed by atoms with van der Waals surface area (Å²) in [6.07, 6.45) is 1.36. The standard InChI is InChI=1S/C11H14N2O5/c1-7(10(15)12-6-9(14)17-2)13-11(16)8-4-3-5-18-8/h3-5,7H,6H2,1-2H3,(H,12,15)(H,13,16). The van der Waals surface area contributed by atoms with Gasteiger partial charge in [-0.1, -0.05) is 0 Å². The first kappa shape index (κ1) is 13.8. The lowest BCUT2D eigenvalue weighted by molar-refractivity contribution is -0.141. The number of carbonyl (C=O) groups excluding carboxylic acids is 3. The third-order valence-electron chi connectivity index (χ3n) is 2.12. The van der Waals surface area contributed by atoms with Gasteiger partial charge >= 0.3 is 5.97 Å². The van der Waals surface area contributed by atoms with Crippen molar-refractivity contribution in [3.8, 4) is 0 Å². The Morgan fingerprint density at radius 2 is 2.17 bits per heavy atom. The Bertz CT molecular complexity index is 427. The molecule has 0 bridgehead atoms. The van der Waals surface area contributed by atoms with Gasteiger partial charge in [0.2, 0.25) is 5.91 Å². The van der Waals surface area contributed by atoms with E-state index in [1.165, 1.54) is 26.4 Å². The quantitative estimate of drug-likeness (QED) is 0.702. The molecule has 0 saturated carbocycles. The Morgan fingerprint density at radius 1 is 1.44 bits per heavy atom. The van der Waals surface area contributed by atoms with Crippen molar-refractivity contribution in [3.05, 3.63) is 24.2 Å². The minimum atomic E-state index is -0.785. The molecule has 0 saturated heterocycles. The second-order valence-corrected chi connectivity index (χ2v) is 3.47. The Balaban J connectivity index is 2.40. The summed E-state index contributed by atoms with van der Waals surface area (Å²) in [7, 11) is 1.22. The van der Waals surface area contributed by atoms with Crippen LogP contribution in [0.2, 0.25) is 0 Å². The average molecular weight is 254 g/mol. The Kier molecular flexibility index (Phi) is 4.91. The van der Waals surface area contributed by atoms with Crippen molar-refractivity contribution >= 4 is 17.8 Å². The van der Waals surface area contributed by atoms with Gasteiger partial charge in [-0.05, 0) is 19.1 Å². The molecule has 1 rings (SSSR count). The van der Waals surface area contributed by atoms with Crippen LogP contribution in [-0.2, 0) is 14.3 Å². The van der Waals surface area contributed by atoms with Gasteiger partial charge in [-0.2, -0.15) is 0 Å². The molecule has 7 nitrogen and oxygen atoms in total. The van der Waals surface area contributed by atoms with Gasteiger partial charge in [0, 0.05) is 0 Å². The molecule has 1 aromatic heterocycles. The van der Waals surface area contributed by atoms with E-state index in [1.54, 1.807) is 6.07 Å². The molecule has 1 unspecified atom stereocenters. The van der Waals surface area contributed by atoms with Crippen LogP contribution in [0.25, 0.3) is 0 Å². The molecule has 2 amide bonds. The molecule has 0 aliphatic carbocycles. The van der Waals surface area contributed by atoms with E-state index in [2.05, 4.69) is 15.4 Å². The molecule has 98 valence electrons. The summed E-state index contributed by atoms with van der Waals surface area (Å²) in [5.41, 5.74) is 0. The summed E-state index contributed by atoms with van der Waals surface area (Å²) in [6.45, 7) is 1.25. The number of nitrogens with one attached hydrogen (secondary N) is 2. The fourth-order valence-electron chi connectivity index (χ4n) is 1.13. The number of furan rings is 1. The van der Waals surface area contributed by atoms with Gasteiger partial charge in [0.15, 0.2) is 5.76 Å². The lowest BCUT2D eigenvalue weighted by Gasteiger charge is -2.12. The van der Waals surface area contributed by atoms with E-state index >= 15 is 0 Å². The van der Waals surface area contributed by atoms with Crippen LogP contribution in [0.3, 0.4) is 0 Å². The molecule has 1 aromatic rings. The molecule has 0 fully saturated rings. The number of hydrogen-bond donors (Lipinski definition) is 2. The van der Waals surface area contributed by atoms with Crippen LogP contribution in [0, 0.1) is 0 Å². The predicted molar refractivity (Wildman–Crippen MR) is 60.7 cm³/mol. The minimum Gasteiger partial charge on any atom is -0.468 e. The minimum absolute atomic E-state index is 0.114. The zero-order valence-electron chi connectivity index (χ0n) is 10.1. The predicted octanol–water partition coefficient (Wildman–Crippen LogP) is -0.313. The normalized spacial score (nSPS) is 11.4. The van der Waals surface area contributed by atoms with Gasteiger partial charge in [-0.25, -0.2) is 0 Å². The van der Waals surface area contributed by atoms with E-state index in [9.17, 15) is 14.4 Å². The zero-order chi connectivity index (χ0) is 13.5.